The Hall–Kier alpha value is -0.410. The molecule has 0 saturated heterocycles. The first kappa shape index (κ1) is 11.1. The van der Waals surface area contributed by atoms with E-state index in [1.807, 2.05) is 12.1 Å². The highest BCUT2D eigenvalue weighted by atomic mass is 79.9. The molecule has 2 rings (SSSR count). The van der Waals surface area contributed by atoms with Crippen LogP contribution in [0.25, 0.3) is 0 Å². The van der Waals surface area contributed by atoms with Crippen molar-refractivity contribution >= 4 is 15.9 Å². The smallest absolute Gasteiger partial charge is 0.140 e. The zero-order valence-electron chi connectivity index (χ0n) is 8.55. The van der Waals surface area contributed by atoms with Crippen molar-refractivity contribution in [3.8, 4) is 0 Å². The first-order valence-electron chi connectivity index (χ1n) is 5.38. The summed E-state index contributed by atoms with van der Waals surface area (Å²) in [7, 11) is 0. The predicted molar refractivity (Wildman–Crippen MR) is 63.3 cm³/mol. The molecule has 0 spiro atoms. The van der Waals surface area contributed by atoms with Gasteiger partial charge in [-0.3, -0.25) is 0 Å². The summed E-state index contributed by atoms with van der Waals surface area (Å²) in [6.45, 7) is 0. The van der Waals surface area contributed by atoms with Gasteiger partial charge in [-0.1, -0.05) is 18.6 Å². The van der Waals surface area contributed by atoms with Gasteiger partial charge in [0.15, 0.2) is 0 Å². The Kier molecular flexibility index (Phi) is 3.42. The quantitative estimate of drug-likeness (QED) is 0.831. The van der Waals surface area contributed by atoms with Crippen molar-refractivity contribution in [1.82, 2.24) is 0 Å². The number of hydrogen-bond donors (Lipinski definition) is 1. The second-order valence-corrected chi connectivity index (χ2v) is 5.12. The number of nitrogens with two attached hydrogens (primary N) is 1. The Morgan fingerprint density at radius 3 is 2.87 bits per heavy atom. The summed E-state index contributed by atoms with van der Waals surface area (Å²) in [4.78, 5) is 0. The lowest BCUT2D eigenvalue weighted by atomic mass is 9.81. The van der Waals surface area contributed by atoms with Gasteiger partial charge in [-0.25, -0.2) is 4.39 Å². The van der Waals surface area contributed by atoms with Gasteiger partial charge in [0.25, 0.3) is 0 Å². The van der Waals surface area contributed by atoms with Gasteiger partial charge < -0.3 is 5.73 Å². The van der Waals surface area contributed by atoms with E-state index in [2.05, 4.69) is 15.9 Å². The van der Waals surface area contributed by atoms with E-state index < -0.39 is 0 Å². The fraction of sp³-hybridized carbons (Fsp3) is 0.500. The van der Waals surface area contributed by atoms with Crippen molar-refractivity contribution in [1.29, 1.82) is 0 Å². The molecule has 1 aromatic carbocycles. The standard InChI is InChI=1S/C12H15BrFN/c13-11-6-2-5-10(12(11)14)8-3-1-4-9(15)7-8/h2,5-6,8-9H,1,3-4,7,15H2. The monoisotopic (exact) mass is 271 g/mol. The summed E-state index contributed by atoms with van der Waals surface area (Å²) in [5.41, 5.74) is 6.74. The van der Waals surface area contributed by atoms with Crippen LogP contribution in [0.15, 0.2) is 22.7 Å². The molecule has 3 heteroatoms. The van der Waals surface area contributed by atoms with E-state index in [9.17, 15) is 4.39 Å². The van der Waals surface area contributed by atoms with Gasteiger partial charge in [0.05, 0.1) is 4.47 Å². The molecule has 1 aliphatic rings. The van der Waals surface area contributed by atoms with Crippen LogP contribution in [0.3, 0.4) is 0 Å². The van der Waals surface area contributed by atoms with E-state index in [1.54, 1.807) is 6.07 Å². The predicted octanol–water partition coefficient (Wildman–Crippen LogP) is 3.57. The van der Waals surface area contributed by atoms with Gasteiger partial charge in [0.1, 0.15) is 5.82 Å². The van der Waals surface area contributed by atoms with Gasteiger partial charge in [-0.05, 0) is 52.7 Å². The highest BCUT2D eigenvalue weighted by molar-refractivity contribution is 9.10. The fourth-order valence-electron chi connectivity index (χ4n) is 2.35. The van der Waals surface area contributed by atoms with Crippen LogP contribution in [0, 0.1) is 5.82 Å². The van der Waals surface area contributed by atoms with Crippen LogP contribution in [-0.2, 0) is 0 Å². The van der Waals surface area contributed by atoms with Gasteiger partial charge in [-0.15, -0.1) is 0 Å². The van der Waals surface area contributed by atoms with E-state index >= 15 is 0 Å². The highest BCUT2D eigenvalue weighted by Gasteiger charge is 2.23. The Balaban J connectivity index is 2.24. The maximum Gasteiger partial charge on any atom is 0.140 e. The lowest BCUT2D eigenvalue weighted by molar-refractivity contribution is 0.384. The van der Waals surface area contributed by atoms with Crippen LogP contribution in [0.5, 0.6) is 0 Å². The van der Waals surface area contributed by atoms with Crippen molar-refractivity contribution in [2.45, 2.75) is 37.6 Å². The minimum atomic E-state index is -0.114. The number of rotatable bonds is 1. The molecule has 0 aromatic heterocycles. The van der Waals surface area contributed by atoms with Crippen molar-refractivity contribution in [3.05, 3.63) is 34.1 Å². The average Bonchev–Trinajstić information content (AvgIpc) is 2.22. The van der Waals surface area contributed by atoms with Crippen LogP contribution in [-0.4, -0.2) is 6.04 Å². The van der Waals surface area contributed by atoms with Crippen LogP contribution in [0.2, 0.25) is 0 Å². The summed E-state index contributed by atoms with van der Waals surface area (Å²) < 4.78 is 14.4. The molecule has 0 aliphatic heterocycles. The number of halogens is 2. The molecule has 1 nitrogen and oxygen atoms in total. The summed E-state index contributed by atoms with van der Waals surface area (Å²) >= 11 is 3.22. The van der Waals surface area contributed by atoms with Crippen LogP contribution < -0.4 is 5.73 Å². The lowest BCUT2D eigenvalue weighted by Crippen LogP contribution is -2.27. The molecular formula is C12H15BrFN. The second-order valence-electron chi connectivity index (χ2n) is 4.27. The minimum absolute atomic E-state index is 0.114. The van der Waals surface area contributed by atoms with Gasteiger partial charge >= 0.3 is 0 Å². The van der Waals surface area contributed by atoms with E-state index in [-0.39, 0.29) is 11.9 Å². The van der Waals surface area contributed by atoms with Gasteiger partial charge in [-0.2, -0.15) is 0 Å². The third-order valence-corrected chi connectivity index (χ3v) is 3.75. The number of benzene rings is 1. The molecule has 1 aliphatic carbocycles. The Morgan fingerprint density at radius 1 is 1.33 bits per heavy atom. The maximum atomic E-state index is 13.8. The second kappa shape index (κ2) is 4.62. The van der Waals surface area contributed by atoms with E-state index in [4.69, 9.17) is 5.73 Å². The van der Waals surface area contributed by atoms with Crippen LogP contribution in [0.1, 0.15) is 37.2 Å². The molecule has 0 radical (unpaired) electrons. The molecule has 2 unspecified atom stereocenters. The molecule has 82 valence electrons. The molecule has 2 N–H and O–H groups in total. The third kappa shape index (κ3) is 2.40. The van der Waals surface area contributed by atoms with Crippen molar-refractivity contribution in [2.24, 2.45) is 5.73 Å². The zero-order valence-corrected chi connectivity index (χ0v) is 10.1. The number of hydrogen-bond acceptors (Lipinski definition) is 1. The van der Waals surface area contributed by atoms with E-state index in [0.717, 1.165) is 31.2 Å². The average molecular weight is 272 g/mol. The zero-order chi connectivity index (χ0) is 10.8. The molecular weight excluding hydrogens is 257 g/mol. The summed E-state index contributed by atoms with van der Waals surface area (Å²) in [5.74, 6) is 0.183. The minimum Gasteiger partial charge on any atom is -0.328 e. The van der Waals surface area contributed by atoms with E-state index in [0.29, 0.717) is 10.4 Å². The van der Waals surface area contributed by atoms with Crippen molar-refractivity contribution in [2.75, 3.05) is 0 Å². The molecule has 1 fully saturated rings. The molecule has 0 bridgehead atoms. The molecule has 0 heterocycles. The molecule has 2 atom stereocenters. The Bertz CT molecular complexity index is 353. The topological polar surface area (TPSA) is 26.0 Å². The molecule has 1 aromatic rings. The van der Waals surface area contributed by atoms with E-state index in [1.165, 1.54) is 0 Å². The van der Waals surface area contributed by atoms with Gasteiger partial charge in [0, 0.05) is 6.04 Å². The summed E-state index contributed by atoms with van der Waals surface area (Å²) in [6, 6.07) is 5.75. The summed E-state index contributed by atoms with van der Waals surface area (Å²) in [5, 5.41) is 0. The van der Waals surface area contributed by atoms with Crippen molar-refractivity contribution < 1.29 is 4.39 Å². The SMILES string of the molecule is NC1CCCC(c2cccc(Br)c2F)C1. The van der Waals surface area contributed by atoms with Crippen molar-refractivity contribution in [3.63, 3.8) is 0 Å². The Labute approximate surface area is 98.0 Å². The summed E-state index contributed by atoms with van der Waals surface area (Å²) in [6.07, 6.45) is 4.15. The Morgan fingerprint density at radius 2 is 2.13 bits per heavy atom. The van der Waals surface area contributed by atoms with Crippen LogP contribution >= 0.6 is 15.9 Å². The third-order valence-electron chi connectivity index (χ3n) is 3.14. The highest BCUT2D eigenvalue weighted by Crippen LogP contribution is 2.35. The molecule has 15 heavy (non-hydrogen) atoms. The first-order valence-corrected chi connectivity index (χ1v) is 6.17. The lowest BCUT2D eigenvalue weighted by Gasteiger charge is -2.27. The normalized spacial score (nSPS) is 26.6. The fourth-order valence-corrected chi connectivity index (χ4v) is 2.73. The van der Waals surface area contributed by atoms with Gasteiger partial charge in [0.2, 0.25) is 0 Å². The first-order chi connectivity index (χ1) is 7.18. The molecule has 1 saturated carbocycles. The molecule has 0 amide bonds. The van der Waals surface area contributed by atoms with Crippen LogP contribution in [0.4, 0.5) is 4.39 Å². The largest absolute Gasteiger partial charge is 0.328 e. The maximum absolute atomic E-state index is 13.8.